The number of nitrogens with zero attached hydrogens (tertiary/aromatic N) is 2. The van der Waals surface area contributed by atoms with Gasteiger partial charge in [0.1, 0.15) is 11.1 Å². The normalized spacial score (nSPS) is 13.2. The first-order valence-electron chi connectivity index (χ1n) is 14.2. The third-order valence-electron chi connectivity index (χ3n) is 8.27. The predicted octanol–water partition coefficient (Wildman–Crippen LogP) is 8.94. The zero-order valence-corrected chi connectivity index (χ0v) is 24.5. The van der Waals surface area contributed by atoms with E-state index in [0.717, 1.165) is 33.4 Å². The van der Waals surface area contributed by atoms with Gasteiger partial charge in [0, 0.05) is 11.2 Å². The molecule has 0 aliphatic rings. The Labute approximate surface area is 252 Å². The highest BCUT2D eigenvalue weighted by Gasteiger charge is 2.42. The Hall–Kier alpha value is -4.44. The van der Waals surface area contributed by atoms with Crippen LogP contribution in [0.15, 0.2) is 152 Å². The van der Waals surface area contributed by atoms with Crippen LogP contribution in [0.5, 0.6) is 0 Å². The van der Waals surface area contributed by atoms with E-state index >= 15 is 0 Å². The number of rotatable bonds is 8. The van der Waals surface area contributed by atoms with Crippen LogP contribution in [0.4, 0.5) is 0 Å². The van der Waals surface area contributed by atoms with E-state index in [1.165, 1.54) is 0 Å². The summed E-state index contributed by atoms with van der Waals surface area (Å²) in [5.41, 5.74) is 4.83. The number of hydrogen-bond acceptors (Lipinski definition) is 2. The Morgan fingerprint density at radius 2 is 1.02 bits per heavy atom. The largest absolute Gasteiger partial charge is 0.378 e. The van der Waals surface area contributed by atoms with Crippen molar-refractivity contribution < 1.29 is 5.11 Å². The molecule has 6 rings (SSSR count). The minimum atomic E-state index is -1.31. The van der Waals surface area contributed by atoms with Gasteiger partial charge in [-0.1, -0.05) is 153 Å². The molecule has 0 saturated carbocycles. The SMILES string of the molecule is CC(C)C(O)(c1ccc(-c2ccc(Cl)cc2)cc1)c1cn(C(c2ccccc2)(c2ccccc2)c2ccccc2)cn1. The molecule has 208 valence electrons. The summed E-state index contributed by atoms with van der Waals surface area (Å²) < 4.78 is 2.15. The Morgan fingerprint density at radius 1 is 0.595 bits per heavy atom. The third kappa shape index (κ3) is 4.75. The number of halogens is 1. The average Bonchev–Trinajstić information content (AvgIpc) is 3.54. The Kier molecular flexibility index (Phi) is 7.55. The summed E-state index contributed by atoms with van der Waals surface area (Å²) >= 11 is 6.10. The molecule has 6 aromatic rings. The van der Waals surface area contributed by atoms with Crippen molar-refractivity contribution in [3.05, 3.63) is 185 Å². The van der Waals surface area contributed by atoms with Crippen LogP contribution in [0.2, 0.25) is 5.02 Å². The van der Waals surface area contributed by atoms with Crippen molar-refractivity contribution in [3.63, 3.8) is 0 Å². The van der Waals surface area contributed by atoms with Gasteiger partial charge in [-0.05, 0) is 51.4 Å². The first kappa shape index (κ1) is 27.7. The molecule has 0 aliphatic heterocycles. The summed E-state index contributed by atoms with van der Waals surface area (Å²) in [6.45, 7) is 4.07. The maximum absolute atomic E-state index is 12.4. The molecular formula is C38H33ClN2O. The number of aliphatic hydroxyl groups is 1. The van der Waals surface area contributed by atoms with E-state index in [4.69, 9.17) is 16.6 Å². The molecule has 1 atom stereocenters. The summed E-state index contributed by atoms with van der Waals surface area (Å²) in [4.78, 5) is 4.92. The fourth-order valence-electron chi connectivity index (χ4n) is 6.02. The van der Waals surface area contributed by atoms with Gasteiger partial charge in [-0.2, -0.15) is 0 Å². The molecule has 1 aromatic heterocycles. The summed E-state index contributed by atoms with van der Waals surface area (Å²) in [6.07, 6.45) is 3.87. The lowest BCUT2D eigenvalue weighted by Gasteiger charge is -2.37. The number of hydrogen-bond donors (Lipinski definition) is 1. The molecule has 5 aromatic carbocycles. The van der Waals surface area contributed by atoms with Crippen LogP contribution in [0.25, 0.3) is 11.1 Å². The first-order valence-corrected chi connectivity index (χ1v) is 14.6. The van der Waals surface area contributed by atoms with E-state index < -0.39 is 11.1 Å². The van der Waals surface area contributed by atoms with E-state index in [1.54, 1.807) is 0 Å². The van der Waals surface area contributed by atoms with Crippen LogP contribution in [0.3, 0.4) is 0 Å². The highest BCUT2D eigenvalue weighted by atomic mass is 35.5. The zero-order chi connectivity index (χ0) is 29.2. The lowest BCUT2D eigenvalue weighted by Crippen LogP contribution is -2.37. The zero-order valence-electron chi connectivity index (χ0n) is 23.7. The average molecular weight is 569 g/mol. The van der Waals surface area contributed by atoms with E-state index in [2.05, 4.69) is 77.4 Å². The fourth-order valence-corrected chi connectivity index (χ4v) is 6.15. The Morgan fingerprint density at radius 3 is 1.45 bits per heavy atom. The van der Waals surface area contributed by atoms with Gasteiger partial charge in [0.2, 0.25) is 0 Å². The molecule has 0 saturated heterocycles. The minimum Gasteiger partial charge on any atom is -0.378 e. The standard InChI is InChI=1S/C38H33ClN2O/c1-28(2)38(42,34-22-18-29(19-23-34)30-20-24-35(39)25-21-30)36-26-41(27-40-36)37(31-12-6-3-7-13-31,32-14-8-4-9-15-32)33-16-10-5-11-17-33/h3-28,42H,1-2H3. The number of aromatic nitrogens is 2. The molecule has 0 bridgehead atoms. The monoisotopic (exact) mass is 568 g/mol. The van der Waals surface area contributed by atoms with Crippen molar-refractivity contribution in [1.29, 1.82) is 0 Å². The van der Waals surface area contributed by atoms with Gasteiger partial charge in [0.05, 0.1) is 12.0 Å². The minimum absolute atomic E-state index is 0.137. The Balaban J connectivity index is 1.51. The highest BCUT2D eigenvalue weighted by molar-refractivity contribution is 6.30. The van der Waals surface area contributed by atoms with Crippen LogP contribution >= 0.6 is 11.6 Å². The smallest absolute Gasteiger partial charge is 0.135 e. The second kappa shape index (κ2) is 11.4. The molecule has 0 amide bonds. The summed E-state index contributed by atoms with van der Waals surface area (Å²) in [5, 5.41) is 13.1. The first-order chi connectivity index (χ1) is 20.4. The maximum atomic E-state index is 12.4. The van der Waals surface area contributed by atoms with Crippen molar-refractivity contribution in [1.82, 2.24) is 9.55 Å². The summed E-state index contributed by atoms with van der Waals surface area (Å²) in [6, 6.07) is 47.4. The molecule has 1 heterocycles. The maximum Gasteiger partial charge on any atom is 0.135 e. The molecular weight excluding hydrogens is 536 g/mol. The number of benzene rings is 5. The van der Waals surface area contributed by atoms with Crippen LogP contribution in [0.1, 0.15) is 41.8 Å². The van der Waals surface area contributed by atoms with Crippen molar-refractivity contribution in [2.24, 2.45) is 5.92 Å². The van der Waals surface area contributed by atoms with Gasteiger partial charge in [-0.25, -0.2) is 4.98 Å². The molecule has 3 nitrogen and oxygen atoms in total. The van der Waals surface area contributed by atoms with E-state index in [9.17, 15) is 5.11 Å². The number of imidazole rings is 1. The van der Waals surface area contributed by atoms with Crippen LogP contribution in [-0.4, -0.2) is 14.7 Å². The van der Waals surface area contributed by atoms with E-state index in [-0.39, 0.29) is 5.92 Å². The van der Waals surface area contributed by atoms with E-state index in [1.807, 2.05) is 93.1 Å². The molecule has 0 radical (unpaired) electrons. The van der Waals surface area contributed by atoms with Crippen molar-refractivity contribution in [3.8, 4) is 11.1 Å². The highest BCUT2D eigenvalue weighted by Crippen LogP contribution is 2.43. The van der Waals surface area contributed by atoms with Crippen LogP contribution in [-0.2, 0) is 11.1 Å². The van der Waals surface area contributed by atoms with Gasteiger partial charge in [-0.3, -0.25) is 0 Å². The second-order valence-electron chi connectivity index (χ2n) is 11.0. The quantitative estimate of drug-likeness (QED) is 0.186. The van der Waals surface area contributed by atoms with Gasteiger partial charge < -0.3 is 9.67 Å². The van der Waals surface area contributed by atoms with Crippen molar-refractivity contribution >= 4 is 11.6 Å². The molecule has 42 heavy (non-hydrogen) atoms. The van der Waals surface area contributed by atoms with Crippen molar-refractivity contribution in [2.75, 3.05) is 0 Å². The van der Waals surface area contributed by atoms with Gasteiger partial charge in [0.15, 0.2) is 0 Å². The lowest BCUT2D eigenvalue weighted by atomic mass is 9.76. The lowest BCUT2D eigenvalue weighted by molar-refractivity contribution is 0.0278. The van der Waals surface area contributed by atoms with Crippen LogP contribution in [0, 0.1) is 5.92 Å². The molecule has 0 fully saturated rings. The second-order valence-corrected chi connectivity index (χ2v) is 11.4. The topological polar surface area (TPSA) is 38.0 Å². The predicted molar refractivity (Wildman–Crippen MR) is 172 cm³/mol. The van der Waals surface area contributed by atoms with Crippen LogP contribution < -0.4 is 0 Å². The van der Waals surface area contributed by atoms with E-state index in [0.29, 0.717) is 10.7 Å². The third-order valence-corrected chi connectivity index (χ3v) is 8.53. The van der Waals surface area contributed by atoms with Gasteiger partial charge in [0.25, 0.3) is 0 Å². The molecule has 4 heteroatoms. The summed E-state index contributed by atoms with van der Waals surface area (Å²) in [7, 11) is 0. The summed E-state index contributed by atoms with van der Waals surface area (Å²) in [5.74, 6) is -0.137. The molecule has 1 unspecified atom stereocenters. The molecule has 0 aliphatic carbocycles. The van der Waals surface area contributed by atoms with Gasteiger partial charge in [-0.15, -0.1) is 0 Å². The fraction of sp³-hybridized carbons (Fsp3) is 0.132. The van der Waals surface area contributed by atoms with Gasteiger partial charge >= 0.3 is 0 Å². The van der Waals surface area contributed by atoms with Crippen molar-refractivity contribution in [2.45, 2.75) is 25.0 Å². The molecule has 0 spiro atoms. The molecule has 1 N–H and O–H groups in total. The Bertz CT molecular complexity index is 1650.